The van der Waals surface area contributed by atoms with E-state index in [9.17, 15) is 13.2 Å². The Morgan fingerprint density at radius 2 is 1.81 bits per heavy atom. The van der Waals surface area contributed by atoms with Crippen LogP contribution in [0.4, 0.5) is 11.4 Å². The van der Waals surface area contributed by atoms with Crippen LogP contribution in [0.2, 0.25) is 5.02 Å². The largest absolute Gasteiger partial charge is 0.484 e. The standard InChI is InChI=1S/C18H22ClN3O4S/c1-21(2)17-9-8-15(27(24,25)22(3)4)11-16(17)20-18(23)12-26-14-7-5-6-13(19)10-14/h5-11H,12H2,1-4H3,(H,20,23). The lowest BCUT2D eigenvalue weighted by molar-refractivity contribution is -0.118. The van der Waals surface area contributed by atoms with Gasteiger partial charge in [-0.2, -0.15) is 0 Å². The van der Waals surface area contributed by atoms with Gasteiger partial charge in [0.2, 0.25) is 10.0 Å². The van der Waals surface area contributed by atoms with E-state index in [2.05, 4.69) is 5.32 Å². The maximum atomic E-state index is 12.4. The van der Waals surface area contributed by atoms with Crippen molar-refractivity contribution in [2.45, 2.75) is 4.90 Å². The highest BCUT2D eigenvalue weighted by Crippen LogP contribution is 2.28. The topological polar surface area (TPSA) is 79.0 Å². The summed E-state index contributed by atoms with van der Waals surface area (Å²) >= 11 is 5.88. The monoisotopic (exact) mass is 411 g/mol. The molecule has 9 heteroatoms. The number of halogens is 1. The molecule has 0 unspecified atom stereocenters. The number of ether oxygens (including phenoxy) is 1. The number of hydrogen-bond donors (Lipinski definition) is 1. The van der Waals surface area contributed by atoms with Gasteiger partial charge >= 0.3 is 0 Å². The first-order valence-corrected chi connectivity index (χ1v) is 9.85. The average Bonchev–Trinajstić information content (AvgIpc) is 2.59. The number of carbonyl (C=O) groups excluding carboxylic acids is 1. The van der Waals surface area contributed by atoms with Crippen LogP contribution < -0.4 is 15.0 Å². The SMILES string of the molecule is CN(C)c1ccc(S(=O)(=O)N(C)C)cc1NC(=O)COc1cccc(Cl)c1. The lowest BCUT2D eigenvalue weighted by Gasteiger charge is -2.20. The van der Waals surface area contributed by atoms with Crippen molar-refractivity contribution in [3.63, 3.8) is 0 Å². The second kappa shape index (κ2) is 8.60. The third kappa shape index (κ3) is 5.35. The molecule has 0 heterocycles. The summed E-state index contributed by atoms with van der Waals surface area (Å²) in [6.07, 6.45) is 0. The molecule has 1 amide bonds. The van der Waals surface area contributed by atoms with E-state index in [0.717, 1.165) is 4.31 Å². The molecule has 0 atom stereocenters. The molecule has 1 N–H and O–H groups in total. The summed E-state index contributed by atoms with van der Waals surface area (Å²) in [5.41, 5.74) is 1.05. The quantitative estimate of drug-likeness (QED) is 0.757. The maximum absolute atomic E-state index is 12.4. The molecule has 0 aromatic heterocycles. The van der Waals surface area contributed by atoms with Crippen LogP contribution >= 0.6 is 11.6 Å². The van der Waals surface area contributed by atoms with Crippen LogP contribution in [-0.2, 0) is 14.8 Å². The van der Waals surface area contributed by atoms with E-state index in [1.54, 1.807) is 49.3 Å². The van der Waals surface area contributed by atoms with E-state index < -0.39 is 15.9 Å². The van der Waals surface area contributed by atoms with Crippen LogP contribution in [0.5, 0.6) is 5.75 Å². The number of carbonyl (C=O) groups is 1. The molecule has 0 saturated heterocycles. The van der Waals surface area contributed by atoms with Gasteiger partial charge in [0.25, 0.3) is 5.91 Å². The minimum atomic E-state index is -3.62. The number of amides is 1. The minimum absolute atomic E-state index is 0.0872. The second-order valence-electron chi connectivity index (χ2n) is 6.16. The van der Waals surface area contributed by atoms with Crippen LogP contribution in [0.25, 0.3) is 0 Å². The number of benzene rings is 2. The van der Waals surface area contributed by atoms with Gasteiger partial charge in [0.05, 0.1) is 16.3 Å². The Morgan fingerprint density at radius 1 is 1.11 bits per heavy atom. The van der Waals surface area contributed by atoms with Crippen LogP contribution in [0.1, 0.15) is 0 Å². The fraction of sp³-hybridized carbons (Fsp3) is 0.278. The Kier molecular flexibility index (Phi) is 6.69. The highest BCUT2D eigenvalue weighted by Gasteiger charge is 2.20. The van der Waals surface area contributed by atoms with E-state index >= 15 is 0 Å². The fourth-order valence-corrected chi connectivity index (χ4v) is 3.38. The summed E-state index contributed by atoms with van der Waals surface area (Å²) in [4.78, 5) is 14.2. The summed E-state index contributed by atoms with van der Waals surface area (Å²) in [7, 11) is 2.88. The molecular weight excluding hydrogens is 390 g/mol. The van der Waals surface area contributed by atoms with E-state index in [1.165, 1.54) is 26.2 Å². The first-order valence-electron chi connectivity index (χ1n) is 8.03. The molecule has 0 radical (unpaired) electrons. The fourth-order valence-electron chi connectivity index (χ4n) is 2.27. The molecule has 2 rings (SSSR count). The van der Waals surface area contributed by atoms with Gasteiger partial charge in [0.1, 0.15) is 5.75 Å². The molecule has 0 aliphatic heterocycles. The van der Waals surface area contributed by atoms with Gasteiger partial charge in [-0.15, -0.1) is 0 Å². The Morgan fingerprint density at radius 3 is 2.41 bits per heavy atom. The smallest absolute Gasteiger partial charge is 0.262 e. The zero-order valence-corrected chi connectivity index (χ0v) is 17.1. The molecule has 0 saturated carbocycles. The van der Waals surface area contributed by atoms with Gasteiger partial charge in [-0.3, -0.25) is 4.79 Å². The number of sulfonamides is 1. The van der Waals surface area contributed by atoms with Crippen LogP contribution in [-0.4, -0.2) is 53.4 Å². The molecule has 146 valence electrons. The van der Waals surface area contributed by atoms with Crippen LogP contribution in [0, 0.1) is 0 Å². The molecule has 2 aromatic rings. The molecule has 0 spiro atoms. The Labute approximate surface area is 164 Å². The number of nitrogens with one attached hydrogen (secondary N) is 1. The molecule has 0 aliphatic rings. The number of rotatable bonds is 7. The van der Waals surface area contributed by atoms with Crippen molar-refractivity contribution < 1.29 is 17.9 Å². The summed E-state index contributed by atoms with van der Waals surface area (Å²) in [6.45, 7) is -0.238. The summed E-state index contributed by atoms with van der Waals surface area (Å²) in [5, 5.41) is 3.21. The molecule has 27 heavy (non-hydrogen) atoms. The maximum Gasteiger partial charge on any atom is 0.262 e. The molecule has 0 fully saturated rings. The third-order valence-electron chi connectivity index (χ3n) is 3.67. The number of hydrogen-bond acceptors (Lipinski definition) is 5. The van der Waals surface area contributed by atoms with Crippen molar-refractivity contribution in [3.05, 3.63) is 47.5 Å². The van der Waals surface area contributed by atoms with Gasteiger partial charge < -0.3 is 15.0 Å². The predicted octanol–water partition coefficient (Wildman–Crippen LogP) is 2.67. The minimum Gasteiger partial charge on any atom is -0.484 e. The molecule has 2 aromatic carbocycles. The van der Waals surface area contributed by atoms with E-state index in [4.69, 9.17) is 16.3 Å². The lowest BCUT2D eigenvalue weighted by atomic mass is 10.2. The first kappa shape index (κ1) is 21.0. The zero-order valence-electron chi connectivity index (χ0n) is 15.6. The number of nitrogens with zero attached hydrogens (tertiary/aromatic N) is 2. The third-order valence-corrected chi connectivity index (χ3v) is 5.71. The first-order chi connectivity index (χ1) is 12.6. The highest BCUT2D eigenvalue weighted by molar-refractivity contribution is 7.89. The summed E-state index contributed by atoms with van der Waals surface area (Å²) in [6, 6.07) is 11.3. The van der Waals surface area contributed by atoms with Crippen LogP contribution in [0.3, 0.4) is 0 Å². The van der Waals surface area contributed by atoms with Gasteiger partial charge in [0.15, 0.2) is 6.61 Å². The molecular formula is C18H22ClN3O4S. The van der Waals surface area contributed by atoms with Crippen molar-refractivity contribution in [3.8, 4) is 5.75 Å². The van der Waals surface area contributed by atoms with Gasteiger partial charge in [-0.25, -0.2) is 12.7 Å². The Hall–Kier alpha value is -2.29. The van der Waals surface area contributed by atoms with Gasteiger partial charge in [0, 0.05) is 33.2 Å². The van der Waals surface area contributed by atoms with Gasteiger partial charge in [-0.1, -0.05) is 17.7 Å². The second-order valence-corrected chi connectivity index (χ2v) is 8.74. The van der Waals surface area contributed by atoms with Crippen molar-refractivity contribution in [2.24, 2.45) is 0 Å². The van der Waals surface area contributed by atoms with Crippen LogP contribution in [0.15, 0.2) is 47.4 Å². The molecule has 0 aliphatic carbocycles. The summed E-state index contributed by atoms with van der Waals surface area (Å²) < 4.78 is 31.2. The highest BCUT2D eigenvalue weighted by atomic mass is 35.5. The van der Waals surface area contributed by atoms with E-state index in [1.807, 2.05) is 0 Å². The summed E-state index contributed by atoms with van der Waals surface area (Å²) in [5.74, 6) is 0.0481. The van der Waals surface area contributed by atoms with Crippen molar-refractivity contribution in [2.75, 3.05) is 45.0 Å². The van der Waals surface area contributed by atoms with E-state index in [-0.39, 0.29) is 11.5 Å². The number of anilines is 2. The van der Waals surface area contributed by atoms with Crippen molar-refractivity contribution >= 4 is 38.9 Å². The van der Waals surface area contributed by atoms with Crippen molar-refractivity contribution in [1.29, 1.82) is 0 Å². The zero-order chi connectivity index (χ0) is 20.2. The normalized spacial score (nSPS) is 11.3. The van der Waals surface area contributed by atoms with Crippen molar-refractivity contribution in [1.82, 2.24) is 4.31 Å². The Bertz CT molecular complexity index is 930. The average molecular weight is 412 g/mol. The Balaban J connectivity index is 2.21. The lowest BCUT2D eigenvalue weighted by Crippen LogP contribution is -2.24. The van der Waals surface area contributed by atoms with Gasteiger partial charge in [-0.05, 0) is 36.4 Å². The molecule has 0 bridgehead atoms. The predicted molar refractivity (Wildman–Crippen MR) is 107 cm³/mol. The molecule has 7 nitrogen and oxygen atoms in total. The van der Waals surface area contributed by atoms with E-state index in [0.29, 0.717) is 22.1 Å².